The Morgan fingerprint density at radius 3 is 2.71 bits per heavy atom. The summed E-state index contributed by atoms with van der Waals surface area (Å²) in [7, 11) is -3.69. The molecule has 4 nitrogen and oxygen atoms in total. The fraction of sp³-hybridized carbons (Fsp3) is 0.143. The summed E-state index contributed by atoms with van der Waals surface area (Å²) in [4.78, 5) is 0.0997. The SMILES string of the molecule is Nc1cccc2c1CCN2S(=O)(=O)c1ccc(Br)cc1Cl. The Balaban J connectivity index is 2.12. The van der Waals surface area contributed by atoms with Crippen molar-refractivity contribution in [2.24, 2.45) is 0 Å². The van der Waals surface area contributed by atoms with Gasteiger partial charge in [-0.2, -0.15) is 0 Å². The molecule has 0 saturated carbocycles. The van der Waals surface area contributed by atoms with Crippen LogP contribution >= 0.6 is 27.5 Å². The van der Waals surface area contributed by atoms with E-state index in [1.807, 2.05) is 0 Å². The Labute approximate surface area is 136 Å². The van der Waals surface area contributed by atoms with E-state index in [9.17, 15) is 8.42 Å². The smallest absolute Gasteiger partial charge is 0.265 e. The summed E-state index contributed by atoms with van der Waals surface area (Å²) < 4.78 is 27.8. The molecule has 0 fully saturated rings. The maximum atomic E-state index is 12.8. The molecule has 2 aromatic rings. The molecule has 0 saturated heterocycles. The lowest BCUT2D eigenvalue weighted by atomic mass is 10.1. The minimum Gasteiger partial charge on any atom is -0.398 e. The van der Waals surface area contributed by atoms with Crippen LogP contribution < -0.4 is 10.0 Å². The number of hydrogen-bond donors (Lipinski definition) is 1. The normalized spacial score (nSPS) is 14.3. The lowest BCUT2D eigenvalue weighted by molar-refractivity contribution is 0.592. The topological polar surface area (TPSA) is 63.4 Å². The molecule has 0 bridgehead atoms. The third kappa shape index (κ3) is 2.41. The first kappa shape index (κ1) is 14.7. The van der Waals surface area contributed by atoms with Gasteiger partial charge in [-0.1, -0.05) is 33.6 Å². The zero-order valence-corrected chi connectivity index (χ0v) is 14.0. The van der Waals surface area contributed by atoms with E-state index in [-0.39, 0.29) is 9.92 Å². The van der Waals surface area contributed by atoms with Crippen LogP contribution in [0.3, 0.4) is 0 Å². The van der Waals surface area contributed by atoms with Gasteiger partial charge in [0.2, 0.25) is 0 Å². The summed E-state index contributed by atoms with van der Waals surface area (Å²) in [6.45, 7) is 0.373. The third-order valence-electron chi connectivity index (χ3n) is 3.48. The van der Waals surface area contributed by atoms with Crippen molar-refractivity contribution in [3.63, 3.8) is 0 Å². The molecule has 1 heterocycles. The van der Waals surface area contributed by atoms with Crippen molar-refractivity contribution in [1.29, 1.82) is 0 Å². The summed E-state index contributed by atoms with van der Waals surface area (Å²) in [5.74, 6) is 0. The average Bonchev–Trinajstić information content (AvgIpc) is 2.84. The van der Waals surface area contributed by atoms with Gasteiger partial charge >= 0.3 is 0 Å². The van der Waals surface area contributed by atoms with E-state index in [2.05, 4.69) is 15.9 Å². The van der Waals surface area contributed by atoms with Gasteiger partial charge in [0, 0.05) is 22.3 Å². The molecule has 1 aliphatic rings. The molecule has 2 N–H and O–H groups in total. The third-order valence-corrected chi connectivity index (χ3v) is 6.27. The van der Waals surface area contributed by atoms with Crippen LogP contribution in [0.4, 0.5) is 11.4 Å². The fourth-order valence-corrected chi connectivity index (χ4v) is 4.99. The Morgan fingerprint density at radius 2 is 2.00 bits per heavy atom. The molecular weight excluding hydrogens is 376 g/mol. The highest BCUT2D eigenvalue weighted by Crippen LogP contribution is 2.37. The van der Waals surface area contributed by atoms with Crippen molar-refractivity contribution in [3.05, 3.63) is 51.5 Å². The van der Waals surface area contributed by atoms with Crippen molar-refractivity contribution in [2.75, 3.05) is 16.6 Å². The summed E-state index contributed by atoms with van der Waals surface area (Å²) in [5.41, 5.74) is 8.03. The molecule has 110 valence electrons. The van der Waals surface area contributed by atoms with Crippen molar-refractivity contribution < 1.29 is 8.42 Å². The number of nitrogens with two attached hydrogens (primary N) is 1. The summed E-state index contributed by atoms with van der Waals surface area (Å²) in [6.07, 6.45) is 0.607. The minimum atomic E-state index is -3.69. The average molecular weight is 388 g/mol. The number of nitrogen functional groups attached to an aromatic ring is 1. The molecule has 0 atom stereocenters. The molecule has 0 unspecified atom stereocenters. The molecule has 0 amide bonds. The van der Waals surface area contributed by atoms with Crippen molar-refractivity contribution in [2.45, 2.75) is 11.3 Å². The van der Waals surface area contributed by atoms with E-state index in [0.29, 0.717) is 24.3 Å². The summed E-state index contributed by atoms with van der Waals surface area (Å²) >= 11 is 9.36. The standard InChI is InChI=1S/C14H12BrClN2O2S/c15-9-4-5-14(11(16)8-9)21(19,20)18-7-6-10-12(17)2-1-3-13(10)18/h1-5,8H,6-7,17H2. The quantitative estimate of drug-likeness (QED) is 0.803. The molecule has 21 heavy (non-hydrogen) atoms. The molecule has 0 aromatic heterocycles. The second kappa shape index (κ2) is 5.19. The maximum Gasteiger partial charge on any atom is 0.265 e. The zero-order valence-electron chi connectivity index (χ0n) is 10.9. The Hall–Kier alpha value is -1.24. The van der Waals surface area contributed by atoms with E-state index in [1.54, 1.807) is 30.3 Å². The molecule has 1 aliphatic heterocycles. The molecule has 7 heteroatoms. The van der Waals surface area contributed by atoms with Crippen molar-refractivity contribution in [3.8, 4) is 0 Å². The van der Waals surface area contributed by atoms with Crippen LogP contribution in [0, 0.1) is 0 Å². The second-order valence-corrected chi connectivity index (χ2v) is 7.90. The van der Waals surface area contributed by atoms with Crippen LogP contribution in [-0.2, 0) is 16.4 Å². The van der Waals surface area contributed by atoms with Gasteiger partial charge in [0.15, 0.2) is 0 Å². The number of halogens is 2. The van der Waals surface area contributed by atoms with Gasteiger partial charge < -0.3 is 5.73 Å². The number of benzene rings is 2. The number of nitrogens with zero attached hydrogens (tertiary/aromatic N) is 1. The molecule has 0 aliphatic carbocycles. The highest BCUT2D eigenvalue weighted by Gasteiger charge is 2.33. The molecular formula is C14H12BrClN2O2S. The summed E-state index contributed by atoms with van der Waals surface area (Å²) in [6, 6.07) is 10.0. The maximum absolute atomic E-state index is 12.8. The van der Waals surface area contributed by atoms with E-state index >= 15 is 0 Å². The monoisotopic (exact) mass is 386 g/mol. The van der Waals surface area contributed by atoms with Crippen LogP contribution in [0.15, 0.2) is 45.8 Å². The Kier molecular flexibility index (Phi) is 3.63. The zero-order chi connectivity index (χ0) is 15.2. The van der Waals surface area contributed by atoms with E-state index in [0.717, 1.165) is 10.0 Å². The lowest BCUT2D eigenvalue weighted by Gasteiger charge is -2.20. The van der Waals surface area contributed by atoms with Gasteiger partial charge in [-0.25, -0.2) is 8.42 Å². The van der Waals surface area contributed by atoms with Gasteiger partial charge in [-0.3, -0.25) is 4.31 Å². The first-order valence-electron chi connectivity index (χ1n) is 6.26. The van der Waals surface area contributed by atoms with Gasteiger partial charge in [-0.15, -0.1) is 0 Å². The van der Waals surface area contributed by atoms with Gasteiger partial charge in [0.1, 0.15) is 4.90 Å². The first-order valence-corrected chi connectivity index (χ1v) is 8.87. The first-order chi connectivity index (χ1) is 9.91. The van der Waals surface area contributed by atoms with Crippen LogP contribution in [0.1, 0.15) is 5.56 Å². The Bertz CT molecular complexity index is 824. The van der Waals surface area contributed by atoms with Gasteiger partial charge in [-0.05, 0) is 36.8 Å². The number of rotatable bonds is 2. The van der Waals surface area contributed by atoms with Crippen molar-refractivity contribution in [1.82, 2.24) is 0 Å². The number of anilines is 2. The van der Waals surface area contributed by atoms with Crippen molar-refractivity contribution >= 4 is 48.9 Å². The molecule has 0 spiro atoms. The minimum absolute atomic E-state index is 0.0997. The van der Waals surface area contributed by atoms with E-state index in [1.165, 1.54) is 10.4 Å². The van der Waals surface area contributed by atoms with Crippen LogP contribution in [0.2, 0.25) is 5.02 Å². The fourth-order valence-electron chi connectivity index (χ4n) is 2.48. The van der Waals surface area contributed by atoms with Crippen LogP contribution in [0.5, 0.6) is 0 Å². The van der Waals surface area contributed by atoms with Crippen LogP contribution in [0.25, 0.3) is 0 Å². The number of sulfonamides is 1. The molecule has 0 radical (unpaired) electrons. The predicted molar refractivity (Wildman–Crippen MR) is 88.2 cm³/mol. The lowest BCUT2D eigenvalue weighted by Crippen LogP contribution is -2.29. The number of hydrogen-bond acceptors (Lipinski definition) is 3. The highest BCUT2D eigenvalue weighted by atomic mass is 79.9. The molecule has 2 aromatic carbocycles. The summed E-state index contributed by atoms with van der Waals surface area (Å²) in [5, 5.41) is 0.196. The highest BCUT2D eigenvalue weighted by molar-refractivity contribution is 9.10. The van der Waals surface area contributed by atoms with E-state index < -0.39 is 10.0 Å². The largest absolute Gasteiger partial charge is 0.398 e. The predicted octanol–water partition coefficient (Wildman–Crippen LogP) is 3.44. The number of fused-ring (bicyclic) bond motifs is 1. The van der Waals surface area contributed by atoms with E-state index in [4.69, 9.17) is 17.3 Å². The van der Waals surface area contributed by atoms with Crippen LogP contribution in [-0.4, -0.2) is 15.0 Å². The molecule has 3 rings (SSSR count). The second-order valence-electron chi connectivity index (χ2n) is 4.75. The van der Waals surface area contributed by atoms with Gasteiger partial charge in [0.05, 0.1) is 10.7 Å². The van der Waals surface area contributed by atoms with Gasteiger partial charge in [0.25, 0.3) is 10.0 Å². The Morgan fingerprint density at radius 1 is 1.24 bits per heavy atom.